The van der Waals surface area contributed by atoms with E-state index in [2.05, 4.69) is 32.2 Å². The Labute approximate surface area is 114 Å². The van der Waals surface area contributed by atoms with Crippen molar-refractivity contribution < 1.29 is 4.43 Å². The van der Waals surface area contributed by atoms with Gasteiger partial charge in [0.1, 0.15) is 5.75 Å². The molecule has 102 valence electrons. The lowest BCUT2D eigenvalue weighted by Gasteiger charge is -2.24. The first-order chi connectivity index (χ1) is 8.64. The molecule has 0 spiro atoms. The summed E-state index contributed by atoms with van der Waals surface area (Å²) < 4.78 is 6.17. The van der Waals surface area contributed by atoms with Crippen LogP contribution in [0.25, 0.3) is 0 Å². The fourth-order valence-electron chi connectivity index (χ4n) is 2.19. The molecule has 1 rings (SSSR count). The topological polar surface area (TPSA) is 9.23 Å². The van der Waals surface area contributed by atoms with Crippen LogP contribution in [-0.4, -0.2) is 8.32 Å². The second-order valence-corrected chi connectivity index (χ2v) is 9.92. The SMILES string of the molecule is CCCCCCCC[Si](C)(C)Oc1ccccc1. The molecular formula is C16H28OSi. The highest BCUT2D eigenvalue weighted by molar-refractivity contribution is 6.71. The standard InChI is InChI=1S/C16H28OSi/c1-4-5-6-7-8-12-15-18(2,3)17-16-13-10-9-11-14-16/h9-11,13-14H,4-8,12,15H2,1-3H3. The molecule has 1 aromatic rings. The van der Waals surface area contributed by atoms with Crippen LogP contribution >= 0.6 is 0 Å². The summed E-state index contributed by atoms with van der Waals surface area (Å²) in [4.78, 5) is 0. The molecule has 0 aliphatic heterocycles. The van der Waals surface area contributed by atoms with Crippen LogP contribution in [-0.2, 0) is 0 Å². The van der Waals surface area contributed by atoms with Gasteiger partial charge < -0.3 is 4.43 Å². The first-order valence-corrected chi connectivity index (χ1v) is 10.5. The first-order valence-electron chi connectivity index (χ1n) is 7.38. The van der Waals surface area contributed by atoms with Gasteiger partial charge in [0.2, 0.25) is 8.32 Å². The van der Waals surface area contributed by atoms with E-state index < -0.39 is 8.32 Å². The third kappa shape index (κ3) is 6.85. The van der Waals surface area contributed by atoms with Crippen molar-refractivity contribution in [3.8, 4) is 5.75 Å². The molecule has 2 heteroatoms. The van der Waals surface area contributed by atoms with Crippen LogP contribution in [0.1, 0.15) is 45.4 Å². The number of hydrogen-bond acceptors (Lipinski definition) is 1. The van der Waals surface area contributed by atoms with Crippen LogP contribution in [0.3, 0.4) is 0 Å². The maximum absolute atomic E-state index is 6.17. The minimum absolute atomic E-state index is 1.04. The number of benzene rings is 1. The largest absolute Gasteiger partial charge is 0.544 e. The molecule has 0 heterocycles. The van der Waals surface area contributed by atoms with Gasteiger partial charge in [0.15, 0.2) is 0 Å². The molecule has 0 aliphatic rings. The van der Waals surface area contributed by atoms with E-state index in [1.165, 1.54) is 44.6 Å². The van der Waals surface area contributed by atoms with E-state index >= 15 is 0 Å². The van der Waals surface area contributed by atoms with E-state index in [9.17, 15) is 0 Å². The van der Waals surface area contributed by atoms with E-state index in [1.54, 1.807) is 0 Å². The van der Waals surface area contributed by atoms with Crippen molar-refractivity contribution in [3.05, 3.63) is 30.3 Å². The zero-order valence-corrected chi connectivity index (χ0v) is 13.2. The van der Waals surface area contributed by atoms with Crippen molar-refractivity contribution in [1.29, 1.82) is 0 Å². The van der Waals surface area contributed by atoms with Crippen LogP contribution in [0, 0.1) is 0 Å². The summed E-state index contributed by atoms with van der Waals surface area (Å²) in [6.45, 7) is 6.92. The monoisotopic (exact) mass is 264 g/mol. The zero-order valence-electron chi connectivity index (χ0n) is 12.2. The normalized spacial score (nSPS) is 11.5. The highest BCUT2D eigenvalue weighted by atomic mass is 28.4. The van der Waals surface area contributed by atoms with Crippen molar-refractivity contribution in [2.24, 2.45) is 0 Å². The Bertz CT molecular complexity index is 308. The lowest BCUT2D eigenvalue weighted by molar-refractivity contribution is 0.536. The minimum atomic E-state index is -1.51. The van der Waals surface area contributed by atoms with Crippen molar-refractivity contribution in [1.82, 2.24) is 0 Å². The van der Waals surface area contributed by atoms with Gasteiger partial charge in [0, 0.05) is 0 Å². The molecule has 0 fully saturated rings. The van der Waals surface area contributed by atoms with Crippen molar-refractivity contribution in [3.63, 3.8) is 0 Å². The Morgan fingerprint density at radius 2 is 1.50 bits per heavy atom. The molecule has 0 atom stereocenters. The fraction of sp³-hybridized carbons (Fsp3) is 0.625. The average Bonchev–Trinajstić information content (AvgIpc) is 2.34. The number of unbranched alkanes of at least 4 members (excludes halogenated alkanes) is 5. The predicted octanol–water partition coefficient (Wildman–Crippen LogP) is 5.63. The molecule has 0 saturated carbocycles. The molecular weight excluding hydrogens is 236 g/mol. The van der Waals surface area contributed by atoms with Crippen LogP contribution in [0.2, 0.25) is 19.1 Å². The summed E-state index contributed by atoms with van der Waals surface area (Å²) in [5.74, 6) is 1.04. The molecule has 0 amide bonds. The smallest absolute Gasteiger partial charge is 0.245 e. The third-order valence-corrected chi connectivity index (χ3v) is 5.62. The second-order valence-electron chi connectivity index (χ2n) is 5.69. The zero-order chi connectivity index (χ0) is 13.3. The second kappa shape index (κ2) is 8.36. The lowest BCUT2D eigenvalue weighted by Crippen LogP contribution is -2.33. The summed E-state index contributed by atoms with van der Waals surface area (Å²) in [6, 6.07) is 11.5. The number of hydrogen-bond donors (Lipinski definition) is 0. The predicted molar refractivity (Wildman–Crippen MR) is 82.7 cm³/mol. The molecule has 0 aliphatic carbocycles. The van der Waals surface area contributed by atoms with E-state index in [1.807, 2.05) is 18.2 Å². The van der Waals surface area contributed by atoms with E-state index in [0.717, 1.165) is 5.75 Å². The van der Waals surface area contributed by atoms with Gasteiger partial charge in [-0.2, -0.15) is 0 Å². The highest BCUT2D eigenvalue weighted by Gasteiger charge is 2.23. The molecule has 1 nitrogen and oxygen atoms in total. The van der Waals surface area contributed by atoms with Crippen LogP contribution in [0.4, 0.5) is 0 Å². The number of para-hydroxylation sites is 1. The van der Waals surface area contributed by atoms with Gasteiger partial charge >= 0.3 is 0 Å². The lowest BCUT2D eigenvalue weighted by atomic mass is 10.1. The molecule has 0 radical (unpaired) electrons. The summed E-state index contributed by atoms with van der Waals surface area (Å²) in [6.07, 6.45) is 8.21. The summed E-state index contributed by atoms with van der Waals surface area (Å²) >= 11 is 0. The Hall–Kier alpha value is -0.763. The van der Waals surface area contributed by atoms with E-state index in [4.69, 9.17) is 4.43 Å². The quantitative estimate of drug-likeness (QED) is 0.415. The molecule has 0 unspecified atom stereocenters. The Kier molecular flexibility index (Phi) is 7.10. The van der Waals surface area contributed by atoms with Crippen LogP contribution < -0.4 is 4.43 Å². The average molecular weight is 264 g/mol. The van der Waals surface area contributed by atoms with E-state index in [-0.39, 0.29) is 0 Å². The maximum atomic E-state index is 6.17. The van der Waals surface area contributed by atoms with Crippen molar-refractivity contribution in [2.45, 2.75) is 64.6 Å². The Balaban J connectivity index is 2.19. The summed E-state index contributed by atoms with van der Waals surface area (Å²) in [5.41, 5.74) is 0. The van der Waals surface area contributed by atoms with E-state index in [0.29, 0.717) is 0 Å². The van der Waals surface area contributed by atoms with Gasteiger partial charge in [-0.25, -0.2) is 0 Å². The number of rotatable bonds is 9. The maximum Gasteiger partial charge on any atom is 0.245 e. The molecule has 1 aromatic carbocycles. The van der Waals surface area contributed by atoms with Gasteiger partial charge in [-0.3, -0.25) is 0 Å². The van der Waals surface area contributed by atoms with Gasteiger partial charge in [0.25, 0.3) is 0 Å². The van der Waals surface area contributed by atoms with Crippen LogP contribution in [0.15, 0.2) is 30.3 Å². The van der Waals surface area contributed by atoms with Crippen molar-refractivity contribution in [2.75, 3.05) is 0 Å². The highest BCUT2D eigenvalue weighted by Crippen LogP contribution is 2.21. The van der Waals surface area contributed by atoms with Crippen molar-refractivity contribution >= 4 is 8.32 Å². The third-order valence-electron chi connectivity index (χ3n) is 3.27. The minimum Gasteiger partial charge on any atom is -0.544 e. The fourth-order valence-corrected chi connectivity index (χ4v) is 4.17. The molecule has 0 N–H and O–H groups in total. The molecule has 18 heavy (non-hydrogen) atoms. The van der Waals surface area contributed by atoms with Gasteiger partial charge in [-0.1, -0.05) is 63.6 Å². The summed E-state index contributed by atoms with van der Waals surface area (Å²) in [7, 11) is -1.51. The molecule has 0 saturated heterocycles. The van der Waals surface area contributed by atoms with Crippen LogP contribution in [0.5, 0.6) is 5.75 Å². The Morgan fingerprint density at radius 1 is 0.889 bits per heavy atom. The Morgan fingerprint density at radius 3 is 2.17 bits per heavy atom. The van der Waals surface area contributed by atoms with Gasteiger partial charge in [-0.15, -0.1) is 0 Å². The van der Waals surface area contributed by atoms with Gasteiger partial charge in [0.05, 0.1) is 0 Å². The molecule has 0 aromatic heterocycles. The summed E-state index contributed by atoms with van der Waals surface area (Å²) in [5, 5.41) is 0. The molecule has 0 bridgehead atoms. The first kappa shape index (κ1) is 15.3. The van der Waals surface area contributed by atoms with Gasteiger partial charge in [-0.05, 0) is 31.3 Å².